The molecule has 1 aromatic heterocycles. The van der Waals surface area contributed by atoms with Crippen LogP contribution in [0.15, 0.2) is 78.6 Å². The largest absolute Gasteiger partial charge is 0.493 e. The van der Waals surface area contributed by atoms with E-state index in [1.54, 1.807) is 20.5 Å². The highest BCUT2D eigenvalue weighted by Gasteiger charge is 2.41. The van der Waals surface area contributed by atoms with Crippen LogP contribution in [-0.4, -0.2) is 29.0 Å². The van der Waals surface area contributed by atoms with E-state index >= 15 is 0 Å². The SMILES string of the molecule is COc1ccc(C2Oc3ccccc3C3=C2C(c2ccccc2C)n2ncnc2N3)cc1OC. The van der Waals surface area contributed by atoms with Gasteiger partial charge >= 0.3 is 0 Å². The van der Waals surface area contributed by atoms with Crippen molar-refractivity contribution < 1.29 is 14.2 Å². The number of aryl methyl sites for hydroxylation is 1. The summed E-state index contributed by atoms with van der Waals surface area (Å²) in [6.07, 6.45) is 1.21. The molecule has 1 N–H and O–H groups in total. The summed E-state index contributed by atoms with van der Waals surface area (Å²) in [5.41, 5.74) is 6.35. The van der Waals surface area contributed by atoms with Crippen molar-refractivity contribution in [1.29, 1.82) is 0 Å². The third kappa shape index (κ3) is 3.04. The molecule has 0 amide bonds. The van der Waals surface area contributed by atoms with Crippen LogP contribution in [0.5, 0.6) is 17.2 Å². The molecular formula is C27H24N4O3. The number of aromatic nitrogens is 3. The van der Waals surface area contributed by atoms with E-state index in [1.165, 1.54) is 5.56 Å². The van der Waals surface area contributed by atoms with Gasteiger partial charge in [-0.05, 0) is 42.3 Å². The molecule has 0 fully saturated rings. The van der Waals surface area contributed by atoms with Gasteiger partial charge in [0.15, 0.2) is 11.5 Å². The number of hydrogen-bond donors (Lipinski definition) is 1. The van der Waals surface area contributed by atoms with Gasteiger partial charge in [-0.25, -0.2) is 4.68 Å². The summed E-state index contributed by atoms with van der Waals surface area (Å²) in [4.78, 5) is 4.50. The van der Waals surface area contributed by atoms with Gasteiger partial charge in [0.25, 0.3) is 0 Å². The molecule has 0 saturated carbocycles. The molecule has 4 aromatic rings. The molecule has 34 heavy (non-hydrogen) atoms. The maximum atomic E-state index is 6.69. The fraction of sp³-hybridized carbons (Fsp3) is 0.185. The Morgan fingerprint density at radius 1 is 0.941 bits per heavy atom. The second kappa shape index (κ2) is 7.95. The molecule has 6 rings (SSSR count). The Balaban J connectivity index is 1.62. The summed E-state index contributed by atoms with van der Waals surface area (Å²) >= 11 is 0. The van der Waals surface area contributed by atoms with E-state index in [0.29, 0.717) is 17.4 Å². The zero-order chi connectivity index (χ0) is 23.2. The molecule has 2 aliphatic heterocycles. The van der Waals surface area contributed by atoms with Crippen molar-refractivity contribution in [2.24, 2.45) is 0 Å². The van der Waals surface area contributed by atoms with Crippen LogP contribution < -0.4 is 19.5 Å². The van der Waals surface area contributed by atoms with Crippen LogP contribution in [0.25, 0.3) is 5.70 Å². The van der Waals surface area contributed by atoms with Crippen LogP contribution in [0.3, 0.4) is 0 Å². The number of anilines is 1. The lowest BCUT2D eigenvalue weighted by Gasteiger charge is -2.39. The minimum atomic E-state index is -0.376. The van der Waals surface area contributed by atoms with Gasteiger partial charge in [-0.1, -0.05) is 42.5 Å². The molecule has 170 valence electrons. The second-order valence-electron chi connectivity index (χ2n) is 8.35. The maximum absolute atomic E-state index is 6.69. The molecule has 7 heteroatoms. The van der Waals surface area contributed by atoms with Crippen molar-refractivity contribution in [3.05, 3.63) is 101 Å². The Morgan fingerprint density at radius 3 is 2.56 bits per heavy atom. The highest BCUT2D eigenvalue weighted by molar-refractivity contribution is 5.85. The summed E-state index contributed by atoms with van der Waals surface area (Å²) in [6.45, 7) is 2.12. The molecular weight excluding hydrogens is 428 g/mol. The van der Waals surface area contributed by atoms with E-state index in [4.69, 9.17) is 14.2 Å². The van der Waals surface area contributed by atoms with Crippen LogP contribution in [0.1, 0.15) is 34.4 Å². The lowest BCUT2D eigenvalue weighted by Crippen LogP contribution is -2.32. The number of methoxy groups -OCH3 is 2. The third-order valence-electron chi connectivity index (χ3n) is 6.51. The van der Waals surface area contributed by atoms with E-state index in [-0.39, 0.29) is 12.1 Å². The molecule has 0 radical (unpaired) electrons. The summed E-state index contributed by atoms with van der Waals surface area (Å²) in [7, 11) is 3.28. The summed E-state index contributed by atoms with van der Waals surface area (Å²) < 4.78 is 19.7. The molecule has 3 heterocycles. The minimum Gasteiger partial charge on any atom is -0.493 e. The lowest BCUT2D eigenvalue weighted by atomic mass is 9.83. The summed E-state index contributed by atoms with van der Waals surface area (Å²) in [6, 6.07) is 22.2. The lowest BCUT2D eigenvalue weighted by molar-refractivity contribution is 0.222. The van der Waals surface area contributed by atoms with Gasteiger partial charge < -0.3 is 19.5 Å². The fourth-order valence-electron chi connectivity index (χ4n) is 4.90. The standard InChI is InChI=1S/C27H24N4O3/c1-16-8-4-5-9-18(16)25-23-24(30-27-28-15-29-31(25)27)19-10-6-7-11-20(19)34-26(23)17-12-13-21(32-2)22(14-17)33-3/h4-15,25-26H,1-3H3,(H,28,29,30). The second-order valence-corrected chi connectivity index (χ2v) is 8.35. The summed E-state index contributed by atoms with van der Waals surface area (Å²) in [5, 5.41) is 8.14. The summed E-state index contributed by atoms with van der Waals surface area (Å²) in [5.74, 6) is 2.84. The zero-order valence-corrected chi connectivity index (χ0v) is 19.1. The number of para-hydroxylation sites is 1. The molecule has 3 aromatic carbocycles. The van der Waals surface area contributed by atoms with E-state index in [0.717, 1.165) is 33.7 Å². The topological polar surface area (TPSA) is 70.4 Å². The molecule has 0 spiro atoms. The van der Waals surface area contributed by atoms with Gasteiger partial charge in [0.2, 0.25) is 5.95 Å². The van der Waals surface area contributed by atoms with Gasteiger partial charge in [-0.15, -0.1) is 0 Å². The predicted molar refractivity (Wildman–Crippen MR) is 129 cm³/mol. The number of nitrogens with zero attached hydrogens (tertiary/aromatic N) is 3. The molecule has 0 saturated heterocycles. The normalized spacial score (nSPS) is 18.2. The fourth-order valence-corrected chi connectivity index (χ4v) is 4.90. The van der Waals surface area contributed by atoms with Crippen LogP contribution in [0.2, 0.25) is 0 Å². The zero-order valence-electron chi connectivity index (χ0n) is 19.1. The molecule has 2 unspecified atom stereocenters. The number of ether oxygens (including phenoxy) is 3. The van der Waals surface area contributed by atoms with E-state index in [9.17, 15) is 0 Å². The van der Waals surface area contributed by atoms with Crippen molar-refractivity contribution in [2.75, 3.05) is 19.5 Å². The Morgan fingerprint density at radius 2 is 1.74 bits per heavy atom. The average molecular weight is 453 g/mol. The molecule has 0 bridgehead atoms. The van der Waals surface area contributed by atoms with Crippen molar-refractivity contribution in [3.8, 4) is 17.2 Å². The first-order valence-electron chi connectivity index (χ1n) is 11.1. The van der Waals surface area contributed by atoms with Crippen LogP contribution >= 0.6 is 0 Å². The first kappa shape index (κ1) is 20.4. The quantitative estimate of drug-likeness (QED) is 0.461. The van der Waals surface area contributed by atoms with Crippen LogP contribution in [0, 0.1) is 6.92 Å². The van der Waals surface area contributed by atoms with Crippen LogP contribution in [-0.2, 0) is 0 Å². The molecule has 2 atom stereocenters. The van der Waals surface area contributed by atoms with Gasteiger partial charge in [-0.2, -0.15) is 10.1 Å². The number of hydrogen-bond acceptors (Lipinski definition) is 6. The third-order valence-corrected chi connectivity index (χ3v) is 6.51. The Labute approximate surface area is 197 Å². The number of benzene rings is 3. The smallest absolute Gasteiger partial charge is 0.226 e. The molecule has 2 aliphatic rings. The van der Waals surface area contributed by atoms with Gasteiger partial charge in [0.05, 0.1) is 19.9 Å². The average Bonchev–Trinajstić information content (AvgIpc) is 3.35. The van der Waals surface area contributed by atoms with Gasteiger partial charge in [0, 0.05) is 16.7 Å². The first-order valence-corrected chi connectivity index (χ1v) is 11.1. The van der Waals surface area contributed by atoms with Gasteiger partial charge in [-0.3, -0.25) is 0 Å². The van der Waals surface area contributed by atoms with Crippen LogP contribution in [0.4, 0.5) is 5.95 Å². The Kier molecular flexibility index (Phi) is 4.76. The molecule has 0 aliphatic carbocycles. The Hall–Kier alpha value is -4.26. The number of rotatable bonds is 4. The van der Waals surface area contributed by atoms with E-state index in [1.807, 2.05) is 41.1 Å². The van der Waals surface area contributed by atoms with Crippen molar-refractivity contribution >= 4 is 11.6 Å². The predicted octanol–water partition coefficient (Wildman–Crippen LogP) is 5.16. The maximum Gasteiger partial charge on any atom is 0.226 e. The molecule has 7 nitrogen and oxygen atoms in total. The van der Waals surface area contributed by atoms with Crippen molar-refractivity contribution in [3.63, 3.8) is 0 Å². The van der Waals surface area contributed by atoms with Crippen molar-refractivity contribution in [1.82, 2.24) is 14.8 Å². The first-order chi connectivity index (χ1) is 16.7. The van der Waals surface area contributed by atoms with Gasteiger partial charge in [0.1, 0.15) is 24.2 Å². The number of nitrogens with one attached hydrogen (secondary N) is 1. The minimum absolute atomic E-state index is 0.193. The van der Waals surface area contributed by atoms with Crippen molar-refractivity contribution in [2.45, 2.75) is 19.1 Å². The highest BCUT2D eigenvalue weighted by atomic mass is 16.5. The highest BCUT2D eigenvalue weighted by Crippen LogP contribution is 2.51. The Bertz CT molecular complexity index is 1420. The van der Waals surface area contributed by atoms with E-state index < -0.39 is 0 Å². The number of fused-ring (bicyclic) bond motifs is 3. The van der Waals surface area contributed by atoms with E-state index in [2.05, 4.69) is 52.7 Å². The monoisotopic (exact) mass is 452 g/mol.